The van der Waals surface area contributed by atoms with Gasteiger partial charge in [-0.25, -0.2) is 4.68 Å². The fraction of sp³-hybridized carbons (Fsp3) is 0.133. The van der Waals surface area contributed by atoms with Gasteiger partial charge >= 0.3 is 6.18 Å². The maximum Gasteiger partial charge on any atom is 0.435 e. The topological polar surface area (TPSA) is 73.0 Å². The van der Waals surface area contributed by atoms with E-state index in [2.05, 4.69) is 15.6 Å². The third kappa shape index (κ3) is 3.00. The number of rotatable bonds is 3. The average molecular weight is 336 g/mol. The molecule has 1 N–H and O–H groups in total. The van der Waals surface area contributed by atoms with E-state index in [-0.39, 0.29) is 11.4 Å². The highest BCUT2D eigenvalue weighted by atomic mass is 19.4. The number of nitrogens with one attached hydrogen (secondary N) is 1. The molecule has 0 aliphatic carbocycles. The van der Waals surface area contributed by atoms with Crippen molar-refractivity contribution in [2.24, 2.45) is 0 Å². The largest absolute Gasteiger partial charge is 0.435 e. The molecular weight excluding hydrogens is 325 g/mol. The first-order chi connectivity index (χ1) is 11.4. The van der Waals surface area contributed by atoms with E-state index in [1.165, 1.54) is 18.2 Å². The minimum atomic E-state index is -4.71. The maximum absolute atomic E-state index is 13.4. The van der Waals surface area contributed by atoms with E-state index in [9.17, 15) is 18.0 Å². The predicted molar refractivity (Wildman–Crippen MR) is 77.8 cm³/mol. The first-order valence-electron chi connectivity index (χ1n) is 6.81. The number of para-hydroxylation sites is 1. The van der Waals surface area contributed by atoms with Crippen molar-refractivity contribution in [1.82, 2.24) is 14.9 Å². The lowest BCUT2D eigenvalue weighted by atomic mass is 10.3. The van der Waals surface area contributed by atoms with Crippen LogP contribution >= 0.6 is 0 Å². The summed E-state index contributed by atoms with van der Waals surface area (Å²) in [5.74, 6) is -0.443. The van der Waals surface area contributed by atoms with Crippen LogP contribution in [0.5, 0.6) is 0 Å². The summed E-state index contributed by atoms with van der Waals surface area (Å²) in [6.07, 6.45) is -3.77. The van der Waals surface area contributed by atoms with E-state index in [0.717, 1.165) is 10.9 Å². The van der Waals surface area contributed by atoms with Crippen molar-refractivity contribution in [3.05, 3.63) is 59.7 Å². The molecule has 1 aromatic carbocycles. The van der Waals surface area contributed by atoms with Crippen LogP contribution in [0.25, 0.3) is 5.69 Å². The van der Waals surface area contributed by atoms with Crippen molar-refractivity contribution in [3.8, 4) is 5.69 Å². The summed E-state index contributed by atoms with van der Waals surface area (Å²) >= 11 is 0. The number of aromatic nitrogens is 3. The lowest BCUT2D eigenvalue weighted by Crippen LogP contribution is -2.19. The molecule has 2 heterocycles. The second-order valence-electron chi connectivity index (χ2n) is 4.93. The van der Waals surface area contributed by atoms with Gasteiger partial charge in [-0.3, -0.25) is 4.79 Å². The molecule has 0 aliphatic rings. The molecule has 9 heteroatoms. The number of benzene rings is 1. The molecule has 0 spiro atoms. The highest BCUT2D eigenvalue weighted by Crippen LogP contribution is 2.36. The van der Waals surface area contributed by atoms with Crippen LogP contribution < -0.4 is 5.32 Å². The molecular formula is C15H11F3N4O2. The van der Waals surface area contributed by atoms with Gasteiger partial charge in [0.1, 0.15) is 5.76 Å². The van der Waals surface area contributed by atoms with Crippen LogP contribution in [0.3, 0.4) is 0 Å². The summed E-state index contributed by atoms with van der Waals surface area (Å²) in [5.41, 5.74) is -1.44. The number of aryl methyl sites for hydroxylation is 1. The van der Waals surface area contributed by atoms with Crippen molar-refractivity contribution >= 4 is 11.6 Å². The van der Waals surface area contributed by atoms with Crippen LogP contribution in [-0.4, -0.2) is 20.8 Å². The maximum atomic E-state index is 13.4. The summed E-state index contributed by atoms with van der Waals surface area (Å²) in [6.45, 7) is 1.57. The summed E-state index contributed by atoms with van der Waals surface area (Å²) < 4.78 is 45.8. The number of alkyl halides is 3. The first-order valence-corrected chi connectivity index (χ1v) is 6.81. The quantitative estimate of drug-likeness (QED) is 0.795. The second-order valence-corrected chi connectivity index (χ2v) is 4.93. The van der Waals surface area contributed by atoms with Crippen LogP contribution in [0.2, 0.25) is 0 Å². The van der Waals surface area contributed by atoms with Crippen LogP contribution in [0, 0.1) is 6.92 Å². The summed E-state index contributed by atoms with van der Waals surface area (Å²) in [4.78, 5) is 12.0. The molecule has 0 radical (unpaired) electrons. The standard InChI is InChI=1S/C15H11F3N4O2/c1-9-7-11(21-24-9)14(23)20-12-8-19-22(13(12)15(16,17)18)10-5-3-2-4-6-10/h2-8H,1H3,(H,20,23). The van der Waals surface area contributed by atoms with Gasteiger partial charge in [-0.05, 0) is 19.1 Å². The zero-order chi connectivity index (χ0) is 17.3. The molecule has 0 bridgehead atoms. The Balaban J connectivity index is 2.00. The summed E-state index contributed by atoms with van der Waals surface area (Å²) in [7, 11) is 0. The Morgan fingerprint density at radius 3 is 2.54 bits per heavy atom. The number of amides is 1. The lowest BCUT2D eigenvalue weighted by molar-refractivity contribution is -0.142. The van der Waals surface area contributed by atoms with Crippen molar-refractivity contribution in [3.63, 3.8) is 0 Å². The van der Waals surface area contributed by atoms with Gasteiger partial charge in [0.05, 0.1) is 17.6 Å². The third-order valence-electron chi connectivity index (χ3n) is 3.15. The average Bonchev–Trinajstić information content (AvgIpc) is 3.14. The normalized spacial score (nSPS) is 11.5. The molecule has 0 fully saturated rings. The Kier molecular flexibility index (Phi) is 3.84. The van der Waals surface area contributed by atoms with Gasteiger partial charge in [0, 0.05) is 6.07 Å². The van der Waals surface area contributed by atoms with Gasteiger partial charge in [0.25, 0.3) is 5.91 Å². The Morgan fingerprint density at radius 1 is 1.25 bits per heavy atom. The monoisotopic (exact) mass is 336 g/mol. The number of nitrogens with zero attached hydrogens (tertiary/aromatic N) is 3. The zero-order valence-electron chi connectivity index (χ0n) is 12.3. The van der Waals surface area contributed by atoms with Gasteiger partial charge in [-0.2, -0.15) is 18.3 Å². The number of halogens is 3. The van der Waals surface area contributed by atoms with Crippen molar-refractivity contribution in [1.29, 1.82) is 0 Å². The fourth-order valence-electron chi connectivity index (χ4n) is 2.14. The van der Waals surface area contributed by atoms with Crippen molar-refractivity contribution in [2.75, 3.05) is 5.32 Å². The van der Waals surface area contributed by atoms with E-state index in [1.807, 2.05) is 0 Å². The van der Waals surface area contributed by atoms with Gasteiger partial charge in [-0.1, -0.05) is 23.4 Å². The molecule has 0 saturated carbocycles. The number of carbonyl (C=O) groups is 1. The fourth-order valence-corrected chi connectivity index (χ4v) is 2.14. The van der Waals surface area contributed by atoms with Gasteiger partial charge in [0.15, 0.2) is 11.4 Å². The molecule has 0 aliphatic heterocycles. The molecule has 0 unspecified atom stereocenters. The summed E-state index contributed by atoms with van der Waals surface area (Å²) in [5, 5.41) is 9.39. The molecule has 1 amide bonds. The predicted octanol–water partition coefficient (Wildman–Crippen LogP) is 3.44. The van der Waals surface area contributed by atoms with Gasteiger partial charge < -0.3 is 9.84 Å². The molecule has 3 rings (SSSR count). The Hall–Kier alpha value is -3.10. The molecule has 6 nitrogen and oxygen atoms in total. The van der Waals surface area contributed by atoms with E-state index in [1.54, 1.807) is 25.1 Å². The molecule has 124 valence electrons. The van der Waals surface area contributed by atoms with Crippen LogP contribution in [0.4, 0.5) is 18.9 Å². The Bertz CT molecular complexity index is 868. The minimum Gasteiger partial charge on any atom is -0.361 e. The van der Waals surface area contributed by atoms with Crippen LogP contribution in [0.1, 0.15) is 21.9 Å². The van der Waals surface area contributed by atoms with Gasteiger partial charge in [-0.15, -0.1) is 0 Å². The summed E-state index contributed by atoms with van der Waals surface area (Å²) in [6, 6.07) is 9.14. The van der Waals surface area contributed by atoms with E-state index in [4.69, 9.17) is 4.52 Å². The second kappa shape index (κ2) is 5.84. The SMILES string of the molecule is Cc1cc(C(=O)Nc2cnn(-c3ccccc3)c2C(F)(F)F)no1. The highest BCUT2D eigenvalue weighted by molar-refractivity contribution is 6.03. The number of hydrogen-bond donors (Lipinski definition) is 1. The Morgan fingerprint density at radius 2 is 1.96 bits per heavy atom. The number of anilines is 1. The third-order valence-corrected chi connectivity index (χ3v) is 3.15. The van der Waals surface area contributed by atoms with Gasteiger partial charge in [0.2, 0.25) is 0 Å². The molecule has 3 aromatic rings. The van der Waals surface area contributed by atoms with Crippen LogP contribution in [-0.2, 0) is 6.18 Å². The Labute approximate surface area is 133 Å². The number of carbonyl (C=O) groups excluding carboxylic acids is 1. The molecule has 2 aromatic heterocycles. The van der Waals surface area contributed by atoms with Crippen molar-refractivity contribution < 1.29 is 22.5 Å². The first kappa shape index (κ1) is 15.8. The molecule has 0 atom stereocenters. The van der Waals surface area contributed by atoms with E-state index < -0.39 is 23.5 Å². The smallest absolute Gasteiger partial charge is 0.361 e. The minimum absolute atomic E-state index is 0.118. The zero-order valence-corrected chi connectivity index (χ0v) is 12.3. The van der Waals surface area contributed by atoms with E-state index >= 15 is 0 Å². The van der Waals surface area contributed by atoms with Crippen LogP contribution in [0.15, 0.2) is 47.1 Å². The lowest BCUT2D eigenvalue weighted by Gasteiger charge is -2.12. The molecule has 24 heavy (non-hydrogen) atoms. The highest BCUT2D eigenvalue weighted by Gasteiger charge is 2.39. The van der Waals surface area contributed by atoms with E-state index in [0.29, 0.717) is 5.76 Å². The number of hydrogen-bond acceptors (Lipinski definition) is 4. The molecule has 0 saturated heterocycles. The van der Waals surface area contributed by atoms with Crippen molar-refractivity contribution in [2.45, 2.75) is 13.1 Å².